The molecule has 0 rings (SSSR count). The molecular weight excluding hydrogens is 200 g/mol. The summed E-state index contributed by atoms with van der Waals surface area (Å²) in [5, 5.41) is 20.2. The zero-order chi connectivity index (χ0) is 12.2. The number of nitrogens with one attached hydrogen (secondary N) is 1. The standard InChI is InChI=1S/C9H18N2O4/c1-5(12)9(2,3)11-8(15)6(10)4-7(13)14/h5-6,12H,4,10H2,1-3H3,(H,11,15)(H,13,14). The molecule has 0 aliphatic carbocycles. The van der Waals surface area contributed by atoms with Crippen LogP contribution in [0, 0.1) is 0 Å². The molecule has 0 fully saturated rings. The molecule has 6 heteroatoms. The van der Waals surface area contributed by atoms with Crippen LogP contribution in [0.4, 0.5) is 0 Å². The molecule has 2 atom stereocenters. The Morgan fingerprint density at radius 2 is 1.93 bits per heavy atom. The van der Waals surface area contributed by atoms with E-state index in [4.69, 9.17) is 10.8 Å². The number of aliphatic hydroxyl groups is 1. The lowest BCUT2D eigenvalue weighted by Crippen LogP contribution is -2.55. The van der Waals surface area contributed by atoms with E-state index >= 15 is 0 Å². The normalized spacial score (nSPS) is 15.5. The largest absolute Gasteiger partial charge is 0.481 e. The van der Waals surface area contributed by atoms with Crippen molar-refractivity contribution >= 4 is 11.9 Å². The molecule has 0 radical (unpaired) electrons. The number of hydrogen-bond donors (Lipinski definition) is 4. The van der Waals surface area contributed by atoms with Gasteiger partial charge in [-0.05, 0) is 20.8 Å². The molecule has 15 heavy (non-hydrogen) atoms. The molecular formula is C9H18N2O4. The first-order valence-corrected chi connectivity index (χ1v) is 4.64. The maximum absolute atomic E-state index is 11.4. The Bertz CT molecular complexity index is 250. The molecule has 5 N–H and O–H groups in total. The average Bonchev–Trinajstić information content (AvgIpc) is 2.01. The first-order chi connectivity index (χ1) is 6.66. The Kier molecular flexibility index (Phi) is 4.70. The highest BCUT2D eigenvalue weighted by Crippen LogP contribution is 2.08. The van der Waals surface area contributed by atoms with Crippen LogP contribution in [0.15, 0.2) is 0 Å². The number of carboxylic acid groups (broad SMARTS) is 1. The number of aliphatic carboxylic acids is 1. The van der Waals surface area contributed by atoms with Gasteiger partial charge in [-0.3, -0.25) is 9.59 Å². The molecule has 0 aromatic heterocycles. The highest BCUT2D eigenvalue weighted by Gasteiger charge is 2.28. The lowest BCUT2D eigenvalue weighted by molar-refractivity contribution is -0.140. The van der Waals surface area contributed by atoms with Gasteiger partial charge in [0.2, 0.25) is 5.91 Å². The summed E-state index contributed by atoms with van der Waals surface area (Å²) in [5.41, 5.74) is 4.52. The Balaban J connectivity index is 4.30. The quantitative estimate of drug-likeness (QED) is 0.476. The van der Waals surface area contributed by atoms with Crippen LogP contribution in [-0.2, 0) is 9.59 Å². The van der Waals surface area contributed by atoms with Crippen molar-refractivity contribution in [2.45, 2.75) is 44.9 Å². The van der Waals surface area contributed by atoms with Crippen molar-refractivity contribution in [2.24, 2.45) is 5.73 Å². The predicted octanol–water partition coefficient (Wildman–Crippen LogP) is -0.936. The van der Waals surface area contributed by atoms with Crippen molar-refractivity contribution in [1.29, 1.82) is 0 Å². The van der Waals surface area contributed by atoms with Crippen molar-refractivity contribution in [3.05, 3.63) is 0 Å². The zero-order valence-electron chi connectivity index (χ0n) is 9.15. The Labute approximate surface area is 88.5 Å². The van der Waals surface area contributed by atoms with E-state index in [0.29, 0.717) is 0 Å². The second-order valence-corrected chi connectivity index (χ2v) is 4.09. The molecule has 2 unspecified atom stereocenters. The van der Waals surface area contributed by atoms with Crippen molar-refractivity contribution < 1.29 is 19.8 Å². The van der Waals surface area contributed by atoms with Gasteiger partial charge < -0.3 is 21.3 Å². The van der Waals surface area contributed by atoms with Crippen molar-refractivity contribution in [3.63, 3.8) is 0 Å². The van der Waals surface area contributed by atoms with E-state index in [2.05, 4.69) is 5.32 Å². The third-order valence-electron chi connectivity index (χ3n) is 2.22. The minimum atomic E-state index is -1.13. The number of nitrogens with two attached hydrogens (primary N) is 1. The lowest BCUT2D eigenvalue weighted by atomic mass is 9.98. The summed E-state index contributed by atoms with van der Waals surface area (Å²) < 4.78 is 0. The fraction of sp³-hybridized carbons (Fsp3) is 0.778. The van der Waals surface area contributed by atoms with Gasteiger partial charge in [-0.15, -0.1) is 0 Å². The maximum atomic E-state index is 11.4. The van der Waals surface area contributed by atoms with Crippen molar-refractivity contribution in [1.82, 2.24) is 5.32 Å². The number of carbonyl (C=O) groups excluding carboxylic acids is 1. The number of amides is 1. The third-order valence-corrected chi connectivity index (χ3v) is 2.22. The molecule has 0 aromatic rings. The van der Waals surface area contributed by atoms with E-state index in [1.165, 1.54) is 6.92 Å². The molecule has 1 amide bonds. The van der Waals surface area contributed by atoms with Crippen LogP contribution in [0.2, 0.25) is 0 Å². The SMILES string of the molecule is CC(O)C(C)(C)NC(=O)C(N)CC(=O)O. The second-order valence-electron chi connectivity index (χ2n) is 4.09. The molecule has 0 aromatic carbocycles. The predicted molar refractivity (Wildman–Crippen MR) is 54.1 cm³/mol. The van der Waals surface area contributed by atoms with Gasteiger partial charge in [0.25, 0.3) is 0 Å². The summed E-state index contributed by atoms with van der Waals surface area (Å²) >= 11 is 0. The van der Waals surface area contributed by atoms with Crippen LogP contribution in [0.3, 0.4) is 0 Å². The van der Waals surface area contributed by atoms with Gasteiger partial charge in [0, 0.05) is 0 Å². The monoisotopic (exact) mass is 218 g/mol. The number of rotatable bonds is 5. The van der Waals surface area contributed by atoms with Crippen LogP contribution in [0.1, 0.15) is 27.2 Å². The van der Waals surface area contributed by atoms with E-state index in [1.807, 2.05) is 0 Å². The van der Waals surface area contributed by atoms with Gasteiger partial charge in [-0.2, -0.15) is 0 Å². The number of carboxylic acids is 1. The molecule has 0 saturated carbocycles. The topological polar surface area (TPSA) is 113 Å². The van der Waals surface area contributed by atoms with E-state index in [1.54, 1.807) is 13.8 Å². The number of carbonyl (C=O) groups is 2. The van der Waals surface area contributed by atoms with Gasteiger partial charge >= 0.3 is 5.97 Å². The smallest absolute Gasteiger partial charge is 0.305 e. The molecule has 0 aliphatic rings. The molecule has 0 heterocycles. The van der Waals surface area contributed by atoms with E-state index in [9.17, 15) is 14.7 Å². The Morgan fingerprint density at radius 3 is 2.27 bits per heavy atom. The maximum Gasteiger partial charge on any atom is 0.305 e. The van der Waals surface area contributed by atoms with Crippen molar-refractivity contribution in [2.75, 3.05) is 0 Å². The first-order valence-electron chi connectivity index (χ1n) is 4.64. The summed E-state index contributed by atoms with van der Waals surface area (Å²) in [7, 11) is 0. The Morgan fingerprint density at radius 1 is 1.47 bits per heavy atom. The number of aliphatic hydroxyl groups excluding tert-OH is 1. The molecule has 0 spiro atoms. The summed E-state index contributed by atoms with van der Waals surface area (Å²) in [6.07, 6.45) is -1.18. The number of hydrogen-bond acceptors (Lipinski definition) is 4. The van der Waals surface area contributed by atoms with Crippen LogP contribution in [-0.4, -0.2) is 39.8 Å². The zero-order valence-corrected chi connectivity index (χ0v) is 9.15. The van der Waals surface area contributed by atoms with Crippen LogP contribution in [0.25, 0.3) is 0 Å². The summed E-state index contributed by atoms with van der Waals surface area (Å²) in [6, 6.07) is -1.10. The molecule has 0 saturated heterocycles. The summed E-state index contributed by atoms with van der Waals surface area (Å²) in [4.78, 5) is 21.7. The summed E-state index contributed by atoms with van der Waals surface area (Å²) in [5.74, 6) is -1.71. The van der Waals surface area contributed by atoms with Gasteiger partial charge in [0.15, 0.2) is 0 Å². The van der Waals surface area contributed by atoms with Gasteiger partial charge in [0.05, 0.1) is 24.1 Å². The molecule has 0 bridgehead atoms. The van der Waals surface area contributed by atoms with E-state index in [0.717, 1.165) is 0 Å². The molecule has 0 aliphatic heterocycles. The minimum absolute atomic E-state index is 0.429. The fourth-order valence-corrected chi connectivity index (χ4v) is 0.795. The second kappa shape index (κ2) is 5.09. The van der Waals surface area contributed by atoms with Crippen LogP contribution < -0.4 is 11.1 Å². The van der Waals surface area contributed by atoms with Gasteiger partial charge in [0.1, 0.15) is 0 Å². The highest BCUT2D eigenvalue weighted by molar-refractivity contribution is 5.86. The van der Waals surface area contributed by atoms with Crippen molar-refractivity contribution in [3.8, 4) is 0 Å². The first kappa shape index (κ1) is 13.9. The van der Waals surface area contributed by atoms with E-state index in [-0.39, 0.29) is 0 Å². The minimum Gasteiger partial charge on any atom is -0.481 e. The van der Waals surface area contributed by atoms with Crippen LogP contribution in [0.5, 0.6) is 0 Å². The molecule has 88 valence electrons. The lowest BCUT2D eigenvalue weighted by Gasteiger charge is -2.30. The molecule has 6 nitrogen and oxygen atoms in total. The van der Waals surface area contributed by atoms with E-state index < -0.39 is 36.0 Å². The van der Waals surface area contributed by atoms with Crippen LogP contribution >= 0.6 is 0 Å². The fourth-order valence-electron chi connectivity index (χ4n) is 0.795. The van der Waals surface area contributed by atoms with Gasteiger partial charge in [-0.25, -0.2) is 0 Å². The highest BCUT2D eigenvalue weighted by atomic mass is 16.4. The third kappa shape index (κ3) is 4.75. The van der Waals surface area contributed by atoms with Gasteiger partial charge in [-0.1, -0.05) is 0 Å². The average molecular weight is 218 g/mol. The summed E-state index contributed by atoms with van der Waals surface area (Å²) in [6.45, 7) is 4.79. The Hall–Kier alpha value is -1.14.